The first kappa shape index (κ1) is 13.6. The number of hydrogen-bond acceptors (Lipinski definition) is 4. The Kier molecular flexibility index (Phi) is 3.48. The van der Waals surface area contributed by atoms with Crippen molar-refractivity contribution in [1.82, 2.24) is 5.32 Å². The molecule has 0 bridgehead atoms. The Balaban J connectivity index is 1.90. The van der Waals surface area contributed by atoms with Crippen LogP contribution in [-0.2, 0) is 6.54 Å². The molecular formula is C18H17NO2S. The summed E-state index contributed by atoms with van der Waals surface area (Å²) in [6, 6.07) is 12.8. The monoisotopic (exact) mass is 311 g/mol. The molecule has 1 aromatic heterocycles. The van der Waals surface area contributed by atoms with Crippen molar-refractivity contribution >= 4 is 21.4 Å². The fourth-order valence-corrected chi connectivity index (χ4v) is 3.88. The van der Waals surface area contributed by atoms with Gasteiger partial charge in [-0.25, -0.2) is 0 Å². The zero-order chi connectivity index (χ0) is 14.9. The van der Waals surface area contributed by atoms with Gasteiger partial charge in [0, 0.05) is 34.3 Å². The lowest BCUT2D eigenvalue weighted by molar-refractivity contribution is 0.302. The van der Waals surface area contributed by atoms with Gasteiger partial charge >= 0.3 is 0 Å². The summed E-state index contributed by atoms with van der Waals surface area (Å²) >= 11 is 1.78. The van der Waals surface area contributed by atoms with Gasteiger partial charge in [0.2, 0.25) is 0 Å². The molecule has 0 unspecified atom stereocenters. The summed E-state index contributed by atoms with van der Waals surface area (Å²) in [6.07, 6.45) is 0. The predicted octanol–water partition coefficient (Wildman–Crippen LogP) is 4.06. The second-order valence-electron chi connectivity index (χ2n) is 5.34. The summed E-state index contributed by atoms with van der Waals surface area (Å²) in [5.74, 6) is 1.68. The van der Waals surface area contributed by atoms with E-state index in [1.807, 2.05) is 0 Å². The van der Waals surface area contributed by atoms with Crippen LogP contribution in [0.4, 0.5) is 0 Å². The molecule has 3 aromatic rings. The van der Waals surface area contributed by atoms with Crippen molar-refractivity contribution in [2.45, 2.75) is 6.54 Å². The minimum Gasteiger partial charge on any atom is -0.493 e. The fraction of sp³-hybridized carbons (Fsp3) is 0.222. The molecule has 3 nitrogen and oxygen atoms in total. The van der Waals surface area contributed by atoms with Gasteiger partial charge in [0.05, 0.1) is 7.11 Å². The predicted molar refractivity (Wildman–Crippen MR) is 91.0 cm³/mol. The quantitative estimate of drug-likeness (QED) is 0.774. The van der Waals surface area contributed by atoms with E-state index in [1.165, 1.54) is 21.2 Å². The maximum atomic E-state index is 5.85. The number of thiophene rings is 1. The number of hydrogen-bond donors (Lipinski definition) is 1. The van der Waals surface area contributed by atoms with Gasteiger partial charge in [0.15, 0.2) is 11.5 Å². The lowest BCUT2D eigenvalue weighted by atomic mass is 10.0. The molecule has 0 fully saturated rings. The van der Waals surface area contributed by atoms with E-state index in [0.717, 1.165) is 30.2 Å². The highest BCUT2D eigenvalue weighted by atomic mass is 32.1. The largest absolute Gasteiger partial charge is 0.493 e. The van der Waals surface area contributed by atoms with Gasteiger partial charge in [-0.2, -0.15) is 0 Å². The van der Waals surface area contributed by atoms with Gasteiger partial charge in [-0.15, -0.1) is 11.3 Å². The van der Waals surface area contributed by atoms with Gasteiger partial charge in [-0.05, 0) is 29.1 Å². The van der Waals surface area contributed by atoms with E-state index in [9.17, 15) is 0 Å². The molecule has 2 aromatic carbocycles. The van der Waals surface area contributed by atoms with E-state index >= 15 is 0 Å². The summed E-state index contributed by atoms with van der Waals surface area (Å²) in [5, 5.41) is 6.89. The zero-order valence-corrected chi connectivity index (χ0v) is 13.2. The summed E-state index contributed by atoms with van der Waals surface area (Å²) in [4.78, 5) is 0. The number of ether oxygens (including phenoxy) is 2. The molecule has 0 saturated carbocycles. The molecule has 0 spiro atoms. The fourth-order valence-electron chi connectivity index (χ4n) is 2.91. The van der Waals surface area contributed by atoms with Crippen LogP contribution in [0, 0.1) is 0 Å². The average molecular weight is 311 g/mol. The number of fused-ring (bicyclic) bond motifs is 2. The molecular weight excluding hydrogens is 294 g/mol. The summed E-state index contributed by atoms with van der Waals surface area (Å²) in [7, 11) is 1.70. The van der Waals surface area contributed by atoms with Crippen molar-refractivity contribution in [1.29, 1.82) is 0 Å². The Morgan fingerprint density at radius 3 is 3.05 bits per heavy atom. The highest BCUT2D eigenvalue weighted by molar-refractivity contribution is 7.17. The minimum absolute atomic E-state index is 0.671. The lowest BCUT2D eigenvalue weighted by Crippen LogP contribution is -2.16. The summed E-state index contributed by atoms with van der Waals surface area (Å²) in [5.41, 5.74) is 3.59. The van der Waals surface area contributed by atoms with Crippen molar-refractivity contribution in [2.24, 2.45) is 0 Å². The van der Waals surface area contributed by atoms with Crippen molar-refractivity contribution in [2.75, 3.05) is 20.3 Å². The van der Waals surface area contributed by atoms with Crippen LogP contribution in [0.5, 0.6) is 11.5 Å². The first-order chi connectivity index (χ1) is 10.9. The zero-order valence-electron chi connectivity index (χ0n) is 12.4. The Hall–Kier alpha value is -2.04. The number of rotatable bonds is 2. The van der Waals surface area contributed by atoms with Crippen LogP contribution in [0.2, 0.25) is 0 Å². The third-order valence-electron chi connectivity index (χ3n) is 3.98. The van der Waals surface area contributed by atoms with Crippen LogP contribution in [-0.4, -0.2) is 20.3 Å². The Morgan fingerprint density at radius 1 is 1.23 bits per heavy atom. The Morgan fingerprint density at radius 2 is 2.14 bits per heavy atom. The van der Waals surface area contributed by atoms with Crippen molar-refractivity contribution in [3.8, 4) is 22.6 Å². The van der Waals surface area contributed by atoms with E-state index < -0.39 is 0 Å². The average Bonchev–Trinajstić information content (AvgIpc) is 2.84. The van der Waals surface area contributed by atoms with Gasteiger partial charge in [0.1, 0.15) is 6.61 Å². The second kappa shape index (κ2) is 5.63. The van der Waals surface area contributed by atoms with Crippen LogP contribution < -0.4 is 14.8 Å². The molecule has 1 aliphatic rings. The summed E-state index contributed by atoms with van der Waals surface area (Å²) < 4.78 is 12.7. The topological polar surface area (TPSA) is 30.5 Å². The van der Waals surface area contributed by atoms with Crippen LogP contribution >= 0.6 is 11.3 Å². The molecule has 2 heterocycles. The molecule has 0 radical (unpaired) electrons. The van der Waals surface area contributed by atoms with E-state index in [-0.39, 0.29) is 0 Å². The molecule has 112 valence electrons. The van der Waals surface area contributed by atoms with Crippen molar-refractivity contribution in [3.63, 3.8) is 0 Å². The van der Waals surface area contributed by atoms with Crippen LogP contribution in [0.25, 0.3) is 21.2 Å². The Bertz CT molecular complexity index is 825. The van der Waals surface area contributed by atoms with Gasteiger partial charge in [-0.1, -0.05) is 18.2 Å². The Labute approximate surface area is 133 Å². The molecule has 4 heteroatoms. The molecule has 1 aliphatic heterocycles. The summed E-state index contributed by atoms with van der Waals surface area (Å²) in [6.45, 7) is 2.33. The highest BCUT2D eigenvalue weighted by Crippen LogP contribution is 2.40. The van der Waals surface area contributed by atoms with Crippen molar-refractivity contribution < 1.29 is 9.47 Å². The molecule has 1 N–H and O–H groups in total. The maximum absolute atomic E-state index is 5.85. The lowest BCUT2D eigenvalue weighted by Gasteiger charge is -2.14. The smallest absolute Gasteiger partial charge is 0.165 e. The van der Waals surface area contributed by atoms with Crippen LogP contribution in [0.1, 0.15) is 5.56 Å². The number of nitrogens with one attached hydrogen (secondary N) is 1. The molecule has 0 atom stereocenters. The number of methoxy groups -OCH3 is 1. The third-order valence-corrected chi connectivity index (χ3v) is 4.95. The van der Waals surface area contributed by atoms with E-state index in [1.54, 1.807) is 18.4 Å². The normalized spacial score (nSPS) is 14.2. The molecule has 0 saturated heterocycles. The molecule has 0 aliphatic carbocycles. The van der Waals surface area contributed by atoms with Gasteiger partial charge in [0.25, 0.3) is 0 Å². The van der Waals surface area contributed by atoms with Gasteiger partial charge in [-0.3, -0.25) is 0 Å². The molecule has 0 amide bonds. The van der Waals surface area contributed by atoms with Crippen molar-refractivity contribution in [3.05, 3.63) is 47.3 Å². The number of benzene rings is 2. The first-order valence-corrected chi connectivity index (χ1v) is 8.26. The minimum atomic E-state index is 0.671. The first-order valence-electron chi connectivity index (χ1n) is 7.38. The van der Waals surface area contributed by atoms with Gasteiger partial charge < -0.3 is 14.8 Å². The van der Waals surface area contributed by atoms with E-state index in [2.05, 4.69) is 47.1 Å². The molecule has 4 rings (SSSR count). The van der Waals surface area contributed by atoms with Crippen LogP contribution in [0.3, 0.4) is 0 Å². The second-order valence-corrected chi connectivity index (χ2v) is 6.25. The van der Waals surface area contributed by atoms with E-state index in [4.69, 9.17) is 9.47 Å². The molecule has 22 heavy (non-hydrogen) atoms. The maximum Gasteiger partial charge on any atom is 0.165 e. The standard InChI is InChI=1S/C18H17NO2S/c1-20-16-9-12(8-13-10-19-6-7-21-18(13)16)15-11-22-17-5-3-2-4-14(15)17/h2-5,8-9,11,19H,6-7,10H2,1H3. The third kappa shape index (κ3) is 2.25. The van der Waals surface area contributed by atoms with Crippen LogP contribution in [0.15, 0.2) is 41.8 Å². The SMILES string of the molecule is COc1cc(-c2csc3ccccc23)cc2c1OCCNC2. The van der Waals surface area contributed by atoms with E-state index in [0.29, 0.717) is 6.61 Å². The highest BCUT2D eigenvalue weighted by Gasteiger charge is 2.17.